The van der Waals surface area contributed by atoms with Crippen molar-refractivity contribution in [3.63, 3.8) is 0 Å². The standard InChI is InChI=1S/C26H35N3O4/c30-23(27-18-26(11-5-2-6-12-26)28-13-15-33-16-14-28)19-9-10-21-22(17-19)25(32)29(24(21)31)20-7-3-1-4-8-20/h9-10,17,20H,1-8,11-16,18H2,(H,27,30). The molecule has 7 heteroatoms. The summed E-state index contributed by atoms with van der Waals surface area (Å²) < 4.78 is 5.55. The van der Waals surface area contributed by atoms with E-state index in [1.165, 1.54) is 24.2 Å². The van der Waals surface area contributed by atoms with Crippen molar-refractivity contribution in [1.82, 2.24) is 15.1 Å². The molecule has 3 amide bonds. The van der Waals surface area contributed by atoms with E-state index in [1.54, 1.807) is 18.2 Å². The van der Waals surface area contributed by atoms with Gasteiger partial charge in [-0.1, -0.05) is 38.5 Å². The monoisotopic (exact) mass is 453 g/mol. The molecule has 1 aromatic rings. The number of fused-ring (bicyclic) bond motifs is 1. The summed E-state index contributed by atoms with van der Waals surface area (Å²) in [7, 11) is 0. The molecule has 2 aliphatic carbocycles. The summed E-state index contributed by atoms with van der Waals surface area (Å²) in [6, 6.07) is 4.95. The average molecular weight is 454 g/mol. The molecule has 5 rings (SSSR count). The Morgan fingerprint density at radius 1 is 0.939 bits per heavy atom. The highest BCUT2D eigenvalue weighted by atomic mass is 16.5. The second kappa shape index (κ2) is 9.55. The van der Waals surface area contributed by atoms with Gasteiger partial charge in [-0.3, -0.25) is 24.2 Å². The third-order valence-corrected chi connectivity index (χ3v) is 8.16. The van der Waals surface area contributed by atoms with Crippen LogP contribution in [-0.4, -0.2) is 72.0 Å². The van der Waals surface area contributed by atoms with Crippen LogP contribution in [0.15, 0.2) is 18.2 Å². The van der Waals surface area contributed by atoms with E-state index in [-0.39, 0.29) is 29.3 Å². The number of morpholine rings is 1. The first-order valence-corrected chi connectivity index (χ1v) is 12.7. The molecule has 0 bridgehead atoms. The number of nitrogens with zero attached hydrogens (tertiary/aromatic N) is 2. The van der Waals surface area contributed by atoms with Crippen molar-refractivity contribution in [2.24, 2.45) is 0 Å². The number of carbonyl (C=O) groups excluding carboxylic acids is 3. The Hall–Kier alpha value is -2.25. The SMILES string of the molecule is O=C(NCC1(N2CCOCC2)CCCCC1)c1ccc2c(c1)C(=O)N(C1CCCCC1)C2=O. The van der Waals surface area contributed by atoms with Gasteiger partial charge in [0, 0.05) is 36.8 Å². The van der Waals surface area contributed by atoms with Crippen molar-refractivity contribution in [2.75, 3.05) is 32.8 Å². The molecule has 1 N–H and O–H groups in total. The highest BCUT2D eigenvalue weighted by molar-refractivity contribution is 6.22. The van der Waals surface area contributed by atoms with Gasteiger partial charge in [0.2, 0.25) is 0 Å². The van der Waals surface area contributed by atoms with Crippen LogP contribution in [0.2, 0.25) is 0 Å². The van der Waals surface area contributed by atoms with Crippen LogP contribution in [0.3, 0.4) is 0 Å². The van der Waals surface area contributed by atoms with Gasteiger partial charge in [0.1, 0.15) is 0 Å². The molecule has 0 atom stereocenters. The third-order valence-electron chi connectivity index (χ3n) is 8.16. The van der Waals surface area contributed by atoms with Crippen LogP contribution in [-0.2, 0) is 4.74 Å². The second-order valence-electron chi connectivity index (χ2n) is 10.1. The van der Waals surface area contributed by atoms with Crippen molar-refractivity contribution >= 4 is 17.7 Å². The van der Waals surface area contributed by atoms with Crippen molar-refractivity contribution < 1.29 is 19.1 Å². The summed E-state index contributed by atoms with van der Waals surface area (Å²) in [4.78, 5) is 43.1. The first-order chi connectivity index (χ1) is 16.1. The quantitative estimate of drug-likeness (QED) is 0.692. The zero-order valence-corrected chi connectivity index (χ0v) is 19.4. The number of ether oxygens (including phenoxy) is 1. The lowest BCUT2D eigenvalue weighted by atomic mass is 9.79. The van der Waals surface area contributed by atoms with E-state index in [4.69, 9.17) is 4.74 Å². The number of rotatable bonds is 5. The Morgan fingerprint density at radius 2 is 1.61 bits per heavy atom. The number of hydrogen-bond acceptors (Lipinski definition) is 5. The maximum Gasteiger partial charge on any atom is 0.261 e. The predicted octanol–water partition coefficient (Wildman–Crippen LogP) is 3.38. The van der Waals surface area contributed by atoms with E-state index in [1.807, 2.05) is 0 Å². The van der Waals surface area contributed by atoms with Crippen LogP contribution in [0.5, 0.6) is 0 Å². The minimum absolute atomic E-state index is 0.0110. The highest BCUT2D eigenvalue weighted by Gasteiger charge is 2.41. The zero-order chi connectivity index (χ0) is 22.8. The summed E-state index contributed by atoms with van der Waals surface area (Å²) >= 11 is 0. The van der Waals surface area contributed by atoms with Crippen LogP contribution in [0.1, 0.15) is 95.3 Å². The van der Waals surface area contributed by atoms with Gasteiger partial charge in [-0.05, 0) is 43.9 Å². The van der Waals surface area contributed by atoms with Crippen LogP contribution >= 0.6 is 0 Å². The maximum atomic E-state index is 13.1. The molecule has 3 fully saturated rings. The number of benzene rings is 1. The summed E-state index contributed by atoms with van der Waals surface area (Å²) in [5.41, 5.74) is 1.24. The zero-order valence-electron chi connectivity index (χ0n) is 19.4. The minimum Gasteiger partial charge on any atom is -0.379 e. The van der Waals surface area contributed by atoms with Gasteiger partial charge in [-0.25, -0.2) is 0 Å². The van der Waals surface area contributed by atoms with Gasteiger partial charge >= 0.3 is 0 Å². The molecule has 2 aliphatic heterocycles. The van der Waals surface area contributed by atoms with Crippen molar-refractivity contribution in [3.05, 3.63) is 34.9 Å². The molecule has 2 heterocycles. The van der Waals surface area contributed by atoms with E-state index in [0.29, 0.717) is 23.2 Å². The number of carbonyl (C=O) groups is 3. The smallest absolute Gasteiger partial charge is 0.261 e. The normalized spacial score (nSPS) is 24.1. The third kappa shape index (κ3) is 4.33. The van der Waals surface area contributed by atoms with E-state index in [0.717, 1.165) is 71.2 Å². The lowest BCUT2D eigenvalue weighted by Crippen LogP contribution is -2.59. The maximum absolute atomic E-state index is 13.1. The van der Waals surface area contributed by atoms with E-state index >= 15 is 0 Å². The predicted molar refractivity (Wildman–Crippen MR) is 124 cm³/mol. The van der Waals surface area contributed by atoms with Gasteiger partial charge in [0.25, 0.3) is 17.7 Å². The molecular weight excluding hydrogens is 418 g/mol. The molecule has 0 unspecified atom stereocenters. The van der Waals surface area contributed by atoms with Crippen LogP contribution in [0.4, 0.5) is 0 Å². The Kier molecular flexibility index (Phi) is 6.52. The molecule has 2 saturated carbocycles. The Labute approximate surface area is 195 Å². The Bertz CT molecular complexity index is 912. The number of hydrogen-bond donors (Lipinski definition) is 1. The highest BCUT2D eigenvalue weighted by Crippen LogP contribution is 2.34. The summed E-state index contributed by atoms with van der Waals surface area (Å²) in [5.74, 6) is -0.622. The lowest BCUT2D eigenvalue weighted by Gasteiger charge is -2.48. The minimum atomic E-state index is -0.242. The Morgan fingerprint density at radius 3 is 2.33 bits per heavy atom. The van der Waals surface area contributed by atoms with Gasteiger partial charge in [-0.15, -0.1) is 0 Å². The fourth-order valence-electron chi connectivity index (χ4n) is 6.27. The number of amides is 3. The van der Waals surface area contributed by atoms with Gasteiger partial charge < -0.3 is 10.1 Å². The lowest BCUT2D eigenvalue weighted by molar-refractivity contribution is -0.0361. The molecule has 4 aliphatic rings. The average Bonchev–Trinajstić information content (AvgIpc) is 3.13. The molecular formula is C26H35N3O4. The molecule has 1 saturated heterocycles. The largest absolute Gasteiger partial charge is 0.379 e. The molecule has 33 heavy (non-hydrogen) atoms. The molecule has 0 aromatic heterocycles. The molecule has 1 aromatic carbocycles. The Balaban J connectivity index is 1.29. The van der Waals surface area contributed by atoms with Crippen molar-refractivity contribution in [2.45, 2.75) is 75.8 Å². The van der Waals surface area contributed by atoms with E-state index in [9.17, 15) is 14.4 Å². The van der Waals surface area contributed by atoms with Crippen molar-refractivity contribution in [1.29, 1.82) is 0 Å². The molecule has 0 radical (unpaired) electrons. The number of imide groups is 1. The molecule has 178 valence electrons. The molecule has 7 nitrogen and oxygen atoms in total. The summed E-state index contributed by atoms with van der Waals surface area (Å²) in [6.07, 6.45) is 10.8. The number of nitrogens with one attached hydrogen (secondary N) is 1. The van der Waals surface area contributed by atoms with Crippen molar-refractivity contribution in [3.8, 4) is 0 Å². The van der Waals surface area contributed by atoms with E-state index < -0.39 is 0 Å². The van der Waals surface area contributed by atoms with Crippen LogP contribution < -0.4 is 5.32 Å². The first-order valence-electron chi connectivity index (χ1n) is 12.7. The second-order valence-corrected chi connectivity index (χ2v) is 10.1. The first kappa shape index (κ1) is 22.5. The van der Waals surface area contributed by atoms with Gasteiger partial charge in [0.05, 0.1) is 24.3 Å². The van der Waals surface area contributed by atoms with E-state index in [2.05, 4.69) is 10.2 Å². The molecule has 0 spiro atoms. The van der Waals surface area contributed by atoms with Gasteiger partial charge in [-0.2, -0.15) is 0 Å². The fourth-order valence-corrected chi connectivity index (χ4v) is 6.27. The van der Waals surface area contributed by atoms with Gasteiger partial charge in [0.15, 0.2) is 0 Å². The van der Waals surface area contributed by atoms with Crippen LogP contribution in [0.25, 0.3) is 0 Å². The topological polar surface area (TPSA) is 79.0 Å². The van der Waals surface area contributed by atoms with Crippen LogP contribution in [0, 0.1) is 0 Å². The fraction of sp³-hybridized carbons (Fsp3) is 0.654. The summed E-state index contributed by atoms with van der Waals surface area (Å²) in [5, 5.41) is 3.17. The summed E-state index contributed by atoms with van der Waals surface area (Å²) in [6.45, 7) is 3.90.